The summed E-state index contributed by atoms with van der Waals surface area (Å²) in [5, 5.41) is 11.1. The Morgan fingerprint density at radius 1 is 1.43 bits per heavy atom. The zero-order valence-electron chi connectivity index (χ0n) is 7.27. The first-order valence-corrected chi connectivity index (χ1v) is 4.30. The lowest BCUT2D eigenvalue weighted by Crippen LogP contribution is -2.17. The van der Waals surface area contributed by atoms with Crippen molar-refractivity contribution in [3.63, 3.8) is 0 Å². The monoisotopic (exact) mass is 211 g/mol. The smallest absolute Gasteiger partial charge is 0.341 e. The average Bonchev–Trinajstić information content (AvgIpc) is 2.16. The van der Waals surface area contributed by atoms with E-state index in [0.717, 1.165) is 5.69 Å². The summed E-state index contributed by atoms with van der Waals surface area (Å²) < 4.78 is 4.73. The van der Waals surface area contributed by atoms with Gasteiger partial charge in [0.15, 0.2) is 6.61 Å². The van der Waals surface area contributed by atoms with Gasteiger partial charge in [-0.1, -0.05) is 18.2 Å². The maximum Gasteiger partial charge on any atom is 0.341 e. The van der Waals surface area contributed by atoms with Crippen molar-refractivity contribution in [3.05, 3.63) is 30.3 Å². The molecule has 0 saturated carbocycles. The first-order valence-electron chi connectivity index (χ1n) is 3.89. The van der Waals surface area contributed by atoms with Crippen LogP contribution in [0.2, 0.25) is 0 Å². The zero-order valence-corrected chi connectivity index (χ0v) is 8.08. The van der Waals surface area contributed by atoms with Gasteiger partial charge in [0.1, 0.15) is 0 Å². The molecule has 0 aliphatic rings. The second-order valence-corrected chi connectivity index (χ2v) is 2.83. The molecule has 0 amide bonds. The van der Waals surface area contributed by atoms with Gasteiger partial charge in [0.05, 0.1) is 0 Å². The van der Waals surface area contributed by atoms with E-state index in [-0.39, 0.29) is 5.17 Å². The van der Waals surface area contributed by atoms with E-state index in [1.807, 2.05) is 18.2 Å². The number of nitrogens with one attached hydrogen (secondary N) is 1. The molecule has 0 bridgehead atoms. The Bertz CT molecular complexity index is 326. The van der Waals surface area contributed by atoms with E-state index in [4.69, 9.17) is 22.1 Å². The highest BCUT2D eigenvalue weighted by Crippen LogP contribution is 2.05. The molecular formula is C9H9NO3S. The van der Waals surface area contributed by atoms with E-state index in [9.17, 15) is 4.79 Å². The minimum absolute atomic E-state index is 0.0543. The van der Waals surface area contributed by atoms with Crippen molar-refractivity contribution in [2.45, 2.75) is 0 Å². The van der Waals surface area contributed by atoms with E-state index >= 15 is 0 Å². The van der Waals surface area contributed by atoms with Crippen LogP contribution >= 0.6 is 12.2 Å². The maximum atomic E-state index is 10.1. The number of carbonyl (C=O) groups is 1. The third-order valence-corrected chi connectivity index (χ3v) is 1.57. The highest BCUT2D eigenvalue weighted by atomic mass is 32.1. The largest absolute Gasteiger partial charge is 0.479 e. The second kappa shape index (κ2) is 5.18. The summed E-state index contributed by atoms with van der Waals surface area (Å²) in [4.78, 5) is 10.1. The molecule has 0 heterocycles. The van der Waals surface area contributed by atoms with Crippen LogP contribution in [-0.2, 0) is 9.53 Å². The zero-order chi connectivity index (χ0) is 10.4. The number of benzene rings is 1. The lowest BCUT2D eigenvalue weighted by atomic mass is 10.3. The molecule has 0 aliphatic heterocycles. The number of carboxylic acids is 1. The summed E-state index contributed by atoms with van der Waals surface area (Å²) in [5.41, 5.74) is 0.767. The predicted molar refractivity (Wildman–Crippen MR) is 56.3 cm³/mol. The standard InChI is InChI=1S/C9H9NO3S/c11-8(12)6-13-9(14)10-7-4-2-1-3-5-7/h1-5H,6H2,(H,10,14)(H,11,12). The predicted octanol–water partition coefficient (Wildman–Crippen LogP) is 1.48. The van der Waals surface area contributed by atoms with Crippen molar-refractivity contribution in [2.24, 2.45) is 0 Å². The lowest BCUT2D eigenvalue weighted by molar-refractivity contribution is -0.139. The fourth-order valence-electron chi connectivity index (χ4n) is 0.803. The molecule has 0 saturated heterocycles. The normalized spacial score (nSPS) is 9.14. The van der Waals surface area contributed by atoms with Crippen LogP contribution in [0.5, 0.6) is 0 Å². The van der Waals surface area contributed by atoms with Crippen LogP contribution in [0.25, 0.3) is 0 Å². The van der Waals surface area contributed by atoms with Gasteiger partial charge in [0.25, 0.3) is 5.17 Å². The Kier molecular flexibility index (Phi) is 3.87. The fraction of sp³-hybridized carbons (Fsp3) is 0.111. The first-order chi connectivity index (χ1) is 6.68. The maximum absolute atomic E-state index is 10.1. The molecule has 1 aromatic carbocycles. The van der Waals surface area contributed by atoms with Crippen LogP contribution in [0.1, 0.15) is 0 Å². The molecule has 1 aromatic rings. The number of thiocarbonyl (C=S) groups is 1. The van der Waals surface area contributed by atoms with E-state index < -0.39 is 12.6 Å². The number of hydrogen-bond donors (Lipinski definition) is 2. The van der Waals surface area contributed by atoms with Crippen LogP contribution in [0, 0.1) is 0 Å². The summed E-state index contributed by atoms with van der Waals surface area (Å²) in [7, 11) is 0. The Hall–Kier alpha value is -1.62. The Morgan fingerprint density at radius 2 is 2.07 bits per heavy atom. The van der Waals surface area contributed by atoms with Gasteiger partial charge in [-0.25, -0.2) is 4.79 Å². The third kappa shape index (κ3) is 3.86. The van der Waals surface area contributed by atoms with Gasteiger partial charge in [-0.2, -0.15) is 0 Å². The molecule has 0 atom stereocenters. The molecule has 14 heavy (non-hydrogen) atoms. The average molecular weight is 211 g/mol. The summed E-state index contributed by atoms with van der Waals surface area (Å²) in [6.07, 6.45) is 0. The number of rotatable bonds is 3. The van der Waals surface area contributed by atoms with Gasteiger partial charge >= 0.3 is 5.97 Å². The van der Waals surface area contributed by atoms with Gasteiger partial charge in [-0.15, -0.1) is 0 Å². The van der Waals surface area contributed by atoms with Crippen molar-refractivity contribution >= 4 is 29.0 Å². The molecule has 0 aromatic heterocycles. The quantitative estimate of drug-likeness (QED) is 0.742. The molecule has 0 spiro atoms. The Morgan fingerprint density at radius 3 is 2.64 bits per heavy atom. The summed E-state index contributed by atoms with van der Waals surface area (Å²) in [6, 6.07) is 9.14. The molecule has 0 fully saturated rings. The number of hydrogen-bond acceptors (Lipinski definition) is 3. The van der Waals surface area contributed by atoms with Crippen molar-refractivity contribution in [2.75, 3.05) is 11.9 Å². The van der Waals surface area contributed by atoms with Gasteiger partial charge in [-0.05, 0) is 24.4 Å². The molecule has 0 aliphatic carbocycles. The summed E-state index contributed by atoms with van der Waals surface area (Å²) in [6.45, 7) is -0.432. The van der Waals surface area contributed by atoms with Crippen LogP contribution in [0.4, 0.5) is 5.69 Å². The highest BCUT2D eigenvalue weighted by molar-refractivity contribution is 7.80. The SMILES string of the molecule is O=C(O)COC(=S)Nc1ccccc1. The van der Waals surface area contributed by atoms with Crippen molar-refractivity contribution in [1.29, 1.82) is 0 Å². The lowest BCUT2D eigenvalue weighted by Gasteiger charge is -2.07. The number of ether oxygens (including phenoxy) is 1. The number of anilines is 1. The van der Waals surface area contributed by atoms with Crippen molar-refractivity contribution in [3.8, 4) is 0 Å². The van der Waals surface area contributed by atoms with Crippen LogP contribution < -0.4 is 5.32 Å². The minimum Gasteiger partial charge on any atom is -0.479 e. The van der Waals surface area contributed by atoms with Gasteiger partial charge in [0.2, 0.25) is 0 Å². The molecule has 2 N–H and O–H groups in total. The Balaban J connectivity index is 2.38. The summed E-state index contributed by atoms with van der Waals surface area (Å²) in [5.74, 6) is -1.05. The minimum atomic E-state index is -1.05. The van der Waals surface area contributed by atoms with Crippen LogP contribution in [-0.4, -0.2) is 22.9 Å². The molecule has 5 heteroatoms. The van der Waals surface area contributed by atoms with Gasteiger partial charge in [0, 0.05) is 5.69 Å². The number of para-hydroxylation sites is 1. The van der Waals surface area contributed by atoms with Crippen molar-refractivity contribution < 1.29 is 14.6 Å². The van der Waals surface area contributed by atoms with E-state index in [1.54, 1.807) is 12.1 Å². The summed E-state index contributed by atoms with van der Waals surface area (Å²) >= 11 is 4.76. The van der Waals surface area contributed by atoms with Crippen LogP contribution in [0.15, 0.2) is 30.3 Å². The first kappa shape index (κ1) is 10.5. The second-order valence-electron chi connectivity index (χ2n) is 2.46. The third-order valence-electron chi connectivity index (χ3n) is 1.35. The highest BCUT2D eigenvalue weighted by Gasteiger charge is 2.01. The van der Waals surface area contributed by atoms with Gasteiger partial charge in [-0.3, -0.25) is 0 Å². The van der Waals surface area contributed by atoms with E-state index in [0.29, 0.717) is 0 Å². The van der Waals surface area contributed by atoms with Crippen LogP contribution in [0.3, 0.4) is 0 Å². The van der Waals surface area contributed by atoms with Crippen molar-refractivity contribution in [1.82, 2.24) is 0 Å². The number of aliphatic carboxylic acids is 1. The molecule has 4 nitrogen and oxygen atoms in total. The molecule has 0 radical (unpaired) electrons. The molecule has 0 unspecified atom stereocenters. The van der Waals surface area contributed by atoms with E-state index in [1.165, 1.54) is 0 Å². The fourth-order valence-corrected chi connectivity index (χ4v) is 0.979. The van der Waals surface area contributed by atoms with E-state index in [2.05, 4.69) is 5.32 Å². The Labute approximate surface area is 86.5 Å². The molecule has 1 rings (SSSR count). The van der Waals surface area contributed by atoms with Gasteiger partial charge < -0.3 is 15.2 Å². The number of carboxylic acid groups (broad SMARTS) is 1. The molecular weight excluding hydrogens is 202 g/mol. The molecule has 74 valence electrons. The topological polar surface area (TPSA) is 58.6 Å².